The van der Waals surface area contributed by atoms with Crippen LogP contribution in [0, 0.1) is 0 Å². The highest BCUT2D eigenvalue weighted by Crippen LogP contribution is 2.31. The molecule has 0 aromatic heterocycles. The number of hydrogen-bond acceptors (Lipinski definition) is 4. The first-order chi connectivity index (χ1) is 15.4. The monoisotopic (exact) mass is 454 g/mol. The molecule has 3 amide bonds. The average Bonchev–Trinajstić information content (AvgIpc) is 3.06. The second kappa shape index (κ2) is 9.71. The summed E-state index contributed by atoms with van der Waals surface area (Å²) < 4.78 is 0. The van der Waals surface area contributed by atoms with Crippen LogP contribution in [0.5, 0.6) is 0 Å². The van der Waals surface area contributed by atoms with Gasteiger partial charge in [-0.2, -0.15) is 0 Å². The number of amides is 3. The predicted octanol–water partition coefficient (Wildman–Crippen LogP) is 3.25. The van der Waals surface area contributed by atoms with E-state index in [1.54, 1.807) is 29.2 Å². The van der Waals surface area contributed by atoms with Crippen LogP contribution in [0.1, 0.15) is 30.1 Å². The van der Waals surface area contributed by atoms with Crippen molar-refractivity contribution in [2.45, 2.75) is 25.8 Å². The number of carbonyl (C=O) groups excluding carboxylic acids is 3. The molecule has 168 valence electrons. The summed E-state index contributed by atoms with van der Waals surface area (Å²) in [5.41, 5.74) is 1.96. The molecule has 1 atom stereocenters. The summed E-state index contributed by atoms with van der Waals surface area (Å²) in [6.45, 7) is 4.66. The Kier molecular flexibility index (Phi) is 6.77. The van der Waals surface area contributed by atoms with E-state index in [0.29, 0.717) is 35.9 Å². The molecule has 1 saturated heterocycles. The number of nitrogens with zero attached hydrogens (tertiary/aromatic N) is 3. The van der Waals surface area contributed by atoms with Crippen LogP contribution in [0.4, 0.5) is 11.4 Å². The van der Waals surface area contributed by atoms with E-state index in [1.807, 2.05) is 36.1 Å². The fraction of sp³-hybridized carbons (Fsp3) is 0.375. The number of nitrogens with one attached hydrogen (secondary N) is 1. The number of anilines is 2. The molecule has 0 aliphatic carbocycles. The largest absolute Gasteiger partial charge is 0.337 e. The van der Waals surface area contributed by atoms with Gasteiger partial charge >= 0.3 is 0 Å². The van der Waals surface area contributed by atoms with Crippen molar-refractivity contribution in [2.24, 2.45) is 0 Å². The van der Waals surface area contributed by atoms with Gasteiger partial charge in [0.2, 0.25) is 11.8 Å². The second-order valence-electron chi connectivity index (χ2n) is 8.31. The summed E-state index contributed by atoms with van der Waals surface area (Å²) in [6.07, 6.45) is 1.04. The molecule has 2 aliphatic rings. The van der Waals surface area contributed by atoms with Gasteiger partial charge in [-0.05, 0) is 43.7 Å². The third-order valence-corrected chi connectivity index (χ3v) is 6.17. The van der Waals surface area contributed by atoms with Crippen molar-refractivity contribution < 1.29 is 14.4 Å². The standard InChI is InChI=1S/C24H27ClN4O3/c1-17-14-22(30)26-20-8-2-3-9-21(20)29(17)23(31)16-27-10-5-11-28(13-12-27)24(32)18-6-4-7-19(25)15-18/h2-4,6-9,15,17H,5,10-14,16H2,1H3,(H,26,30). The summed E-state index contributed by atoms with van der Waals surface area (Å²) >= 11 is 6.04. The van der Waals surface area contributed by atoms with E-state index < -0.39 is 0 Å². The number of hydrogen-bond donors (Lipinski definition) is 1. The van der Waals surface area contributed by atoms with Gasteiger partial charge in [-0.1, -0.05) is 29.8 Å². The molecular weight excluding hydrogens is 428 g/mol. The van der Waals surface area contributed by atoms with Crippen molar-refractivity contribution in [3.05, 3.63) is 59.1 Å². The first kappa shape index (κ1) is 22.3. The Morgan fingerprint density at radius 3 is 2.69 bits per heavy atom. The normalized spacial score (nSPS) is 19.6. The van der Waals surface area contributed by atoms with Crippen LogP contribution in [0.15, 0.2) is 48.5 Å². The van der Waals surface area contributed by atoms with E-state index in [1.165, 1.54) is 0 Å². The Balaban J connectivity index is 1.43. The third kappa shape index (κ3) is 4.95. The zero-order chi connectivity index (χ0) is 22.7. The van der Waals surface area contributed by atoms with Crippen LogP contribution in [0.25, 0.3) is 0 Å². The third-order valence-electron chi connectivity index (χ3n) is 5.93. The lowest BCUT2D eigenvalue weighted by Gasteiger charge is -2.30. The zero-order valence-corrected chi connectivity index (χ0v) is 18.8. The Bertz CT molecular complexity index is 1030. The first-order valence-corrected chi connectivity index (χ1v) is 11.3. The van der Waals surface area contributed by atoms with Gasteiger partial charge in [0.1, 0.15) is 0 Å². The van der Waals surface area contributed by atoms with Crippen LogP contribution in [-0.4, -0.2) is 66.3 Å². The van der Waals surface area contributed by atoms with Gasteiger partial charge in [-0.3, -0.25) is 19.3 Å². The topological polar surface area (TPSA) is 73.0 Å². The summed E-state index contributed by atoms with van der Waals surface area (Å²) in [5.74, 6) is -0.179. The van der Waals surface area contributed by atoms with Crippen LogP contribution >= 0.6 is 11.6 Å². The maximum Gasteiger partial charge on any atom is 0.253 e. The van der Waals surface area contributed by atoms with Crippen LogP contribution in [-0.2, 0) is 9.59 Å². The molecule has 8 heteroatoms. The van der Waals surface area contributed by atoms with Gasteiger partial charge in [-0.15, -0.1) is 0 Å². The average molecular weight is 455 g/mol. The Morgan fingerprint density at radius 2 is 1.88 bits per heavy atom. The summed E-state index contributed by atoms with van der Waals surface area (Å²) in [5, 5.41) is 3.43. The predicted molar refractivity (Wildman–Crippen MR) is 125 cm³/mol. The molecule has 0 radical (unpaired) electrons. The lowest BCUT2D eigenvalue weighted by atomic mass is 10.1. The van der Waals surface area contributed by atoms with E-state index in [9.17, 15) is 14.4 Å². The minimum absolute atomic E-state index is 0.0414. The molecule has 4 rings (SSSR count). The van der Waals surface area contributed by atoms with Crippen molar-refractivity contribution in [1.82, 2.24) is 9.80 Å². The molecule has 32 heavy (non-hydrogen) atoms. The molecule has 7 nitrogen and oxygen atoms in total. The molecule has 1 unspecified atom stereocenters. The van der Waals surface area contributed by atoms with Gasteiger partial charge in [0.15, 0.2) is 0 Å². The van der Waals surface area contributed by atoms with Crippen molar-refractivity contribution in [3.8, 4) is 0 Å². The molecule has 2 heterocycles. The maximum absolute atomic E-state index is 13.3. The van der Waals surface area contributed by atoms with Crippen LogP contribution in [0.2, 0.25) is 5.02 Å². The van der Waals surface area contributed by atoms with E-state index >= 15 is 0 Å². The smallest absolute Gasteiger partial charge is 0.253 e. The molecule has 0 bridgehead atoms. The second-order valence-corrected chi connectivity index (χ2v) is 8.75. The SMILES string of the molecule is CC1CC(=O)Nc2ccccc2N1C(=O)CN1CCCN(C(=O)c2cccc(Cl)c2)CC1. The Hall–Kier alpha value is -2.90. The van der Waals surface area contributed by atoms with Crippen molar-refractivity contribution in [1.29, 1.82) is 0 Å². The van der Waals surface area contributed by atoms with E-state index in [4.69, 9.17) is 11.6 Å². The highest BCUT2D eigenvalue weighted by molar-refractivity contribution is 6.31. The van der Waals surface area contributed by atoms with E-state index in [-0.39, 0.29) is 36.7 Å². The van der Waals surface area contributed by atoms with Crippen LogP contribution in [0.3, 0.4) is 0 Å². The lowest BCUT2D eigenvalue weighted by molar-refractivity contribution is -0.120. The molecule has 2 aromatic carbocycles. The molecule has 1 fully saturated rings. The quantitative estimate of drug-likeness (QED) is 0.772. The van der Waals surface area contributed by atoms with Gasteiger partial charge in [0, 0.05) is 49.2 Å². The summed E-state index contributed by atoms with van der Waals surface area (Å²) in [6, 6.07) is 14.1. The van der Waals surface area contributed by atoms with Crippen LogP contribution < -0.4 is 10.2 Å². The minimum Gasteiger partial charge on any atom is -0.337 e. The van der Waals surface area contributed by atoms with Gasteiger partial charge in [0.05, 0.1) is 17.9 Å². The molecule has 2 aromatic rings. The fourth-order valence-electron chi connectivity index (χ4n) is 4.37. The molecule has 0 saturated carbocycles. The first-order valence-electron chi connectivity index (χ1n) is 10.9. The van der Waals surface area contributed by atoms with Crippen molar-refractivity contribution in [3.63, 3.8) is 0 Å². The number of para-hydroxylation sites is 2. The fourth-order valence-corrected chi connectivity index (χ4v) is 4.56. The maximum atomic E-state index is 13.3. The number of rotatable bonds is 3. The van der Waals surface area contributed by atoms with E-state index in [0.717, 1.165) is 18.7 Å². The van der Waals surface area contributed by atoms with Gasteiger partial charge in [-0.25, -0.2) is 0 Å². The minimum atomic E-state index is -0.237. The van der Waals surface area contributed by atoms with E-state index in [2.05, 4.69) is 10.2 Å². The highest BCUT2D eigenvalue weighted by Gasteiger charge is 2.31. The van der Waals surface area contributed by atoms with Gasteiger partial charge < -0.3 is 15.1 Å². The Morgan fingerprint density at radius 1 is 1.06 bits per heavy atom. The number of fused-ring (bicyclic) bond motifs is 1. The lowest BCUT2D eigenvalue weighted by Crippen LogP contribution is -2.46. The number of carbonyl (C=O) groups is 3. The zero-order valence-electron chi connectivity index (χ0n) is 18.1. The molecule has 2 aliphatic heterocycles. The van der Waals surface area contributed by atoms with Crippen molar-refractivity contribution in [2.75, 3.05) is 42.9 Å². The van der Waals surface area contributed by atoms with Crippen molar-refractivity contribution >= 4 is 40.7 Å². The molecule has 1 N–H and O–H groups in total. The number of halogens is 1. The Labute approximate surface area is 192 Å². The number of benzene rings is 2. The molecule has 0 spiro atoms. The van der Waals surface area contributed by atoms with Gasteiger partial charge in [0.25, 0.3) is 5.91 Å². The summed E-state index contributed by atoms with van der Waals surface area (Å²) in [4.78, 5) is 44.0. The highest BCUT2D eigenvalue weighted by atomic mass is 35.5. The molecular formula is C24H27ClN4O3. The summed E-state index contributed by atoms with van der Waals surface area (Å²) in [7, 11) is 0.